The number of allylic oxidation sites excluding steroid dienone is 1. The van der Waals surface area contributed by atoms with E-state index in [1.807, 2.05) is 0 Å². The Balaban J connectivity index is 1.54. The molecular formula is C17H16Se. The van der Waals surface area contributed by atoms with Crippen molar-refractivity contribution in [2.24, 2.45) is 5.92 Å². The molecule has 0 heterocycles. The van der Waals surface area contributed by atoms with Crippen LogP contribution in [0, 0.1) is 5.92 Å². The molecule has 1 aliphatic carbocycles. The number of hydrogen-bond acceptors (Lipinski definition) is 0. The molecule has 1 heteroatoms. The van der Waals surface area contributed by atoms with Crippen molar-refractivity contribution in [3.8, 4) is 0 Å². The topological polar surface area (TPSA) is 0 Å². The zero-order valence-electron chi connectivity index (χ0n) is 10.3. The van der Waals surface area contributed by atoms with E-state index < -0.39 is 0 Å². The van der Waals surface area contributed by atoms with Gasteiger partial charge in [-0.2, -0.15) is 0 Å². The van der Waals surface area contributed by atoms with Crippen LogP contribution in [0.1, 0.15) is 12.0 Å². The maximum absolute atomic E-state index is 2.37. The Morgan fingerprint density at radius 1 is 0.944 bits per heavy atom. The van der Waals surface area contributed by atoms with Gasteiger partial charge in [-0.15, -0.1) is 0 Å². The van der Waals surface area contributed by atoms with Crippen LogP contribution in [0.15, 0.2) is 66.2 Å². The summed E-state index contributed by atoms with van der Waals surface area (Å²) in [4.78, 5) is 0. The van der Waals surface area contributed by atoms with E-state index in [4.69, 9.17) is 0 Å². The Morgan fingerprint density at radius 3 is 2.33 bits per heavy atom. The van der Waals surface area contributed by atoms with Crippen molar-refractivity contribution in [3.05, 3.63) is 71.8 Å². The molecule has 1 atom stereocenters. The van der Waals surface area contributed by atoms with Gasteiger partial charge in [0.25, 0.3) is 0 Å². The van der Waals surface area contributed by atoms with Crippen LogP contribution in [0.25, 0.3) is 6.08 Å². The molecule has 0 N–H and O–H groups in total. The zero-order valence-corrected chi connectivity index (χ0v) is 12.0. The summed E-state index contributed by atoms with van der Waals surface area (Å²) in [6, 6.07) is 21.6. The van der Waals surface area contributed by atoms with E-state index in [0.29, 0.717) is 15.0 Å². The average Bonchev–Trinajstić information content (AvgIpc) is 3.17. The van der Waals surface area contributed by atoms with E-state index in [2.05, 4.69) is 66.7 Å². The average molecular weight is 299 g/mol. The molecule has 1 unspecified atom stereocenters. The Bertz CT molecular complexity index is 528. The van der Waals surface area contributed by atoms with Crippen molar-refractivity contribution in [2.45, 2.75) is 11.7 Å². The fourth-order valence-corrected chi connectivity index (χ4v) is 4.30. The first-order valence-corrected chi connectivity index (χ1v) is 8.42. The molecule has 0 bridgehead atoms. The molecule has 1 fully saturated rings. The SMILES string of the molecule is C(=C1/CC1C[Se]c1ccccc1)/c1ccccc1. The van der Waals surface area contributed by atoms with Crippen molar-refractivity contribution in [1.29, 1.82) is 0 Å². The normalized spacial score (nSPS) is 20.0. The van der Waals surface area contributed by atoms with Crippen molar-refractivity contribution < 1.29 is 0 Å². The van der Waals surface area contributed by atoms with Crippen LogP contribution in [0.4, 0.5) is 0 Å². The molecular weight excluding hydrogens is 283 g/mol. The molecule has 18 heavy (non-hydrogen) atoms. The molecule has 1 saturated carbocycles. The van der Waals surface area contributed by atoms with Crippen LogP contribution in [0.3, 0.4) is 0 Å². The molecule has 0 nitrogen and oxygen atoms in total. The Labute approximate surface area is 115 Å². The van der Waals surface area contributed by atoms with Crippen LogP contribution >= 0.6 is 0 Å². The van der Waals surface area contributed by atoms with Gasteiger partial charge in [-0.3, -0.25) is 0 Å². The summed E-state index contributed by atoms with van der Waals surface area (Å²) in [7, 11) is 0. The van der Waals surface area contributed by atoms with Gasteiger partial charge >= 0.3 is 115 Å². The quantitative estimate of drug-likeness (QED) is 0.758. The van der Waals surface area contributed by atoms with E-state index in [0.717, 1.165) is 5.92 Å². The van der Waals surface area contributed by atoms with E-state index in [-0.39, 0.29) is 0 Å². The van der Waals surface area contributed by atoms with E-state index >= 15 is 0 Å². The van der Waals surface area contributed by atoms with E-state index in [9.17, 15) is 0 Å². The van der Waals surface area contributed by atoms with Crippen LogP contribution in [-0.4, -0.2) is 15.0 Å². The van der Waals surface area contributed by atoms with Gasteiger partial charge in [0.15, 0.2) is 0 Å². The van der Waals surface area contributed by atoms with Gasteiger partial charge in [0, 0.05) is 0 Å². The summed E-state index contributed by atoms with van der Waals surface area (Å²) in [6.45, 7) is 0. The van der Waals surface area contributed by atoms with Crippen molar-refractivity contribution in [3.63, 3.8) is 0 Å². The molecule has 1 aliphatic rings. The van der Waals surface area contributed by atoms with Gasteiger partial charge < -0.3 is 0 Å². The molecule has 0 radical (unpaired) electrons. The first-order valence-electron chi connectivity index (χ1n) is 6.35. The minimum atomic E-state index is 0.637. The molecule has 2 aromatic carbocycles. The Morgan fingerprint density at radius 2 is 1.61 bits per heavy atom. The van der Waals surface area contributed by atoms with Gasteiger partial charge in [0.05, 0.1) is 0 Å². The molecule has 2 aromatic rings. The predicted octanol–water partition coefficient (Wildman–Crippen LogP) is 3.54. The molecule has 3 rings (SSSR count). The summed E-state index contributed by atoms with van der Waals surface area (Å²) < 4.78 is 1.52. The van der Waals surface area contributed by atoms with Gasteiger partial charge in [-0.1, -0.05) is 0 Å². The molecule has 0 saturated heterocycles. The Kier molecular flexibility index (Phi) is 3.64. The van der Waals surface area contributed by atoms with Crippen LogP contribution in [0.2, 0.25) is 5.32 Å². The van der Waals surface area contributed by atoms with Crippen molar-refractivity contribution in [2.75, 3.05) is 0 Å². The number of hydrogen-bond donors (Lipinski definition) is 0. The molecule has 0 spiro atoms. The summed E-state index contributed by atoms with van der Waals surface area (Å²) in [5.41, 5.74) is 2.99. The summed E-state index contributed by atoms with van der Waals surface area (Å²) in [5.74, 6) is 0.852. The second-order valence-corrected chi connectivity index (χ2v) is 6.95. The molecule has 0 aliphatic heterocycles. The summed E-state index contributed by atoms with van der Waals surface area (Å²) in [6.07, 6.45) is 3.68. The third-order valence-electron chi connectivity index (χ3n) is 3.19. The molecule has 90 valence electrons. The van der Waals surface area contributed by atoms with Gasteiger partial charge in [0.2, 0.25) is 0 Å². The number of benzene rings is 2. The maximum atomic E-state index is 2.37. The zero-order chi connectivity index (χ0) is 12.2. The first-order chi connectivity index (χ1) is 8.92. The van der Waals surface area contributed by atoms with Crippen LogP contribution in [-0.2, 0) is 0 Å². The third-order valence-corrected chi connectivity index (χ3v) is 5.66. The minimum absolute atomic E-state index is 0.637. The standard InChI is InChI=1S/C17H16Se/c1-3-7-14(8-4-1)11-15-12-16(15)13-18-17-9-5-2-6-10-17/h1-11,16H,12-13H2/b15-11+. The van der Waals surface area contributed by atoms with Crippen LogP contribution in [0.5, 0.6) is 0 Å². The van der Waals surface area contributed by atoms with E-state index in [1.54, 1.807) is 5.57 Å². The van der Waals surface area contributed by atoms with Crippen molar-refractivity contribution >= 4 is 25.5 Å². The summed E-state index contributed by atoms with van der Waals surface area (Å²) in [5, 5.41) is 1.36. The fourth-order valence-electron chi connectivity index (χ4n) is 2.05. The first kappa shape index (κ1) is 11.8. The van der Waals surface area contributed by atoms with Crippen LogP contribution < -0.4 is 4.46 Å². The van der Waals surface area contributed by atoms with Gasteiger partial charge in [-0.05, 0) is 0 Å². The monoisotopic (exact) mass is 300 g/mol. The van der Waals surface area contributed by atoms with Crippen molar-refractivity contribution in [1.82, 2.24) is 0 Å². The molecule has 0 aromatic heterocycles. The second kappa shape index (κ2) is 5.56. The second-order valence-electron chi connectivity index (χ2n) is 4.66. The summed E-state index contributed by atoms with van der Waals surface area (Å²) >= 11 is 0.637. The van der Waals surface area contributed by atoms with E-state index in [1.165, 1.54) is 21.8 Å². The predicted molar refractivity (Wildman–Crippen MR) is 79.2 cm³/mol. The van der Waals surface area contributed by atoms with Gasteiger partial charge in [0.1, 0.15) is 0 Å². The third kappa shape index (κ3) is 3.13. The fraction of sp³-hybridized carbons (Fsp3) is 0.176. The number of rotatable bonds is 4. The van der Waals surface area contributed by atoms with Gasteiger partial charge in [-0.25, -0.2) is 0 Å². The molecule has 0 amide bonds. The Hall–Kier alpha value is -1.30.